The number of alkyl halides is 3. The van der Waals surface area contributed by atoms with Crippen LogP contribution in [0.4, 0.5) is 13.2 Å². The van der Waals surface area contributed by atoms with Crippen LogP contribution in [0.15, 0.2) is 29.1 Å². The van der Waals surface area contributed by atoms with Crippen molar-refractivity contribution in [2.45, 2.75) is 26.1 Å². The van der Waals surface area contributed by atoms with Gasteiger partial charge in [-0.25, -0.2) is 9.67 Å². The quantitative estimate of drug-likeness (QED) is 0.737. The van der Waals surface area contributed by atoms with E-state index < -0.39 is 23.3 Å². The average molecular weight is 350 g/mol. The van der Waals surface area contributed by atoms with E-state index in [2.05, 4.69) is 15.1 Å². The van der Waals surface area contributed by atoms with Crippen molar-refractivity contribution < 1.29 is 18.0 Å². The molecule has 0 aliphatic carbocycles. The Morgan fingerprint density at radius 3 is 2.44 bits per heavy atom. The summed E-state index contributed by atoms with van der Waals surface area (Å²) in [6.07, 6.45) is -3.97. The Morgan fingerprint density at radius 2 is 1.88 bits per heavy atom. The van der Waals surface area contributed by atoms with E-state index in [1.807, 2.05) is 0 Å². The molecule has 1 N–H and O–H groups in total. The summed E-state index contributed by atoms with van der Waals surface area (Å²) in [5, 5.41) is 4.16. The Balaban J connectivity index is 2.13. The molecule has 0 unspecified atom stereocenters. The summed E-state index contributed by atoms with van der Waals surface area (Å²) in [6, 6.07) is 4.10. The summed E-state index contributed by atoms with van der Waals surface area (Å²) in [5.41, 5.74) is -0.573. The van der Waals surface area contributed by atoms with Crippen LogP contribution < -0.4 is 5.56 Å². The zero-order valence-electron chi connectivity index (χ0n) is 13.3. The van der Waals surface area contributed by atoms with Crippen molar-refractivity contribution in [3.05, 3.63) is 57.3 Å². The third-order valence-electron chi connectivity index (χ3n) is 3.91. The van der Waals surface area contributed by atoms with E-state index in [-0.39, 0.29) is 16.7 Å². The first kappa shape index (κ1) is 16.9. The number of nitrogens with zero attached hydrogens (tertiary/aromatic N) is 3. The van der Waals surface area contributed by atoms with Gasteiger partial charge in [-0.15, -0.1) is 0 Å². The minimum Gasteiger partial charge on any atom is -0.310 e. The van der Waals surface area contributed by atoms with E-state index in [9.17, 15) is 22.8 Å². The number of H-pyrrole nitrogens is 1. The number of benzene rings is 1. The fourth-order valence-electron chi connectivity index (χ4n) is 2.63. The van der Waals surface area contributed by atoms with Crippen molar-refractivity contribution >= 4 is 17.3 Å². The van der Waals surface area contributed by atoms with Crippen molar-refractivity contribution in [1.29, 1.82) is 0 Å². The fourth-order valence-corrected chi connectivity index (χ4v) is 2.63. The van der Waals surface area contributed by atoms with Crippen molar-refractivity contribution in [3.63, 3.8) is 0 Å². The molecule has 3 aromatic rings. The number of fused-ring (bicyclic) bond motifs is 1. The number of aromatic nitrogens is 4. The molecular formula is C16H13F3N4O2. The zero-order valence-corrected chi connectivity index (χ0v) is 13.3. The first-order valence-electron chi connectivity index (χ1n) is 7.34. The van der Waals surface area contributed by atoms with E-state index in [4.69, 9.17) is 0 Å². The van der Waals surface area contributed by atoms with Gasteiger partial charge in [-0.2, -0.15) is 18.3 Å². The molecule has 0 radical (unpaired) electrons. The van der Waals surface area contributed by atoms with Crippen molar-refractivity contribution in [1.82, 2.24) is 19.7 Å². The highest BCUT2D eigenvalue weighted by atomic mass is 19.4. The van der Waals surface area contributed by atoms with Gasteiger partial charge >= 0.3 is 6.18 Å². The van der Waals surface area contributed by atoms with Gasteiger partial charge in [0.1, 0.15) is 16.9 Å². The van der Waals surface area contributed by atoms with Gasteiger partial charge in [0.25, 0.3) is 5.56 Å². The molecule has 0 aliphatic rings. The number of aldehydes is 1. The molecule has 0 bridgehead atoms. The Hall–Kier alpha value is -2.97. The molecule has 1 atom stereocenters. The van der Waals surface area contributed by atoms with Gasteiger partial charge in [-0.05, 0) is 31.5 Å². The van der Waals surface area contributed by atoms with Crippen LogP contribution in [-0.2, 0) is 6.18 Å². The SMILES string of the molecule is Cc1nc2c(c(C=O)nn2[C@@H](C)c2ccc(C(F)(F)F)cc2)c(=O)[nH]1. The van der Waals surface area contributed by atoms with Crippen LogP contribution in [0.25, 0.3) is 11.0 Å². The molecule has 25 heavy (non-hydrogen) atoms. The number of hydrogen-bond donors (Lipinski definition) is 1. The molecule has 3 rings (SSSR count). The molecule has 0 aliphatic heterocycles. The molecule has 0 amide bonds. The third-order valence-corrected chi connectivity index (χ3v) is 3.91. The Kier molecular flexibility index (Phi) is 3.94. The molecule has 0 saturated carbocycles. The fraction of sp³-hybridized carbons (Fsp3) is 0.250. The van der Waals surface area contributed by atoms with Gasteiger partial charge in [0.05, 0.1) is 11.6 Å². The van der Waals surface area contributed by atoms with Crippen molar-refractivity contribution in [2.75, 3.05) is 0 Å². The van der Waals surface area contributed by atoms with Crippen LogP contribution in [0.3, 0.4) is 0 Å². The lowest BCUT2D eigenvalue weighted by molar-refractivity contribution is -0.137. The lowest BCUT2D eigenvalue weighted by Crippen LogP contribution is -2.13. The predicted molar refractivity (Wildman–Crippen MR) is 83.5 cm³/mol. The molecule has 0 spiro atoms. The van der Waals surface area contributed by atoms with E-state index in [1.165, 1.54) is 16.8 Å². The Labute approximate surface area is 139 Å². The highest BCUT2D eigenvalue weighted by Crippen LogP contribution is 2.30. The number of carbonyl (C=O) groups is 1. The summed E-state index contributed by atoms with van der Waals surface area (Å²) in [6.45, 7) is 3.28. The largest absolute Gasteiger partial charge is 0.416 e. The van der Waals surface area contributed by atoms with Crippen LogP contribution in [0.2, 0.25) is 0 Å². The van der Waals surface area contributed by atoms with Gasteiger partial charge in [0, 0.05) is 0 Å². The summed E-state index contributed by atoms with van der Waals surface area (Å²) in [5.74, 6) is 0.343. The summed E-state index contributed by atoms with van der Waals surface area (Å²) >= 11 is 0. The number of nitrogens with one attached hydrogen (secondary N) is 1. The van der Waals surface area contributed by atoms with Gasteiger partial charge in [0.15, 0.2) is 11.9 Å². The topological polar surface area (TPSA) is 80.6 Å². The molecular weight excluding hydrogens is 337 g/mol. The van der Waals surface area contributed by atoms with E-state index in [1.54, 1.807) is 13.8 Å². The molecule has 130 valence electrons. The molecule has 0 saturated heterocycles. The number of rotatable bonds is 3. The smallest absolute Gasteiger partial charge is 0.310 e. The number of carbonyl (C=O) groups excluding carboxylic acids is 1. The standard InChI is InChI=1S/C16H13F3N4O2/c1-8(10-3-5-11(6-4-10)16(17,18)19)23-14-13(12(7-24)22-23)15(25)21-9(2)20-14/h3-8H,1-2H3,(H,20,21,25)/t8-/m0/s1. The van der Waals surface area contributed by atoms with Crippen LogP contribution in [-0.4, -0.2) is 26.0 Å². The van der Waals surface area contributed by atoms with Crippen molar-refractivity contribution in [2.24, 2.45) is 0 Å². The zero-order chi connectivity index (χ0) is 18.4. The maximum absolute atomic E-state index is 12.7. The predicted octanol–water partition coefficient (Wildman–Crippen LogP) is 2.87. The minimum atomic E-state index is -4.42. The van der Waals surface area contributed by atoms with Crippen LogP contribution in [0.1, 0.15) is 40.4 Å². The second-order valence-corrected chi connectivity index (χ2v) is 5.59. The normalized spacial score (nSPS) is 13.2. The molecule has 9 heteroatoms. The Bertz CT molecular complexity index is 1000. The highest BCUT2D eigenvalue weighted by Gasteiger charge is 2.30. The number of halogens is 3. The van der Waals surface area contributed by atoms with Gasteiger partial charge in [-0.1, -0.05) is 12.1 Å². The summed E-state index contributed by atoms with van der Waals surface area (Å²) in [7, 11) is 0. The highest BCUT2D eigenvalue weighted by molar-refractivity contribution is 5.93. The monoisotopic (exact) mass is 350 g/mol. The maximum atomic E-state index is 12.7. The van der Waals surface area contributed by atoms with E-state index in [0.717, 1.165) is 12.1 Å². The first-order chi connectivity index (χ1) is 11.7. The lowest BCUT2D eigenvalue weighted by atomic mass is 10.1. The Morgan fingerprint density at radius 1 is 1.24 bits per heavy atom. The van der Waals surface area contributed by atoms with E-state index in [0.29, 0.717) is 17.7 Å². The molecule has 6 nitrogen and oxygen atoms in total. The molecule has 2 heterocycles. The molecule has 0 fully saturated rings. The summed E-state index contributed by atoms with van der Waals surface area (Å²) < 4.78 is 39.4. The van der Waals surface area contributed by atoms with Crippen LogP contribution >= 0.6 is 0 Å². The second-order valence-electron chi connectivity index (χ2n) is 5.59. The van der Waals surface area contributed by atoms with Crippen LogP contribution in [0.5, 0.6) is 0 Å². The van der Waals surface area contributed by atoms with Crippen LogP contribution in [0, 0.1) is 6.92 Å². The molecule has 1 aromatic carbocycles. The van der Waals surface area contributed by atoms with Gasteiger partial charge in [0.2, 0.25) is 0 Å². The maximum Gasteiger partial charge on any atom is 0.416 e. The van der Waals surface area contributed by atoms with Gasteiger partial charge < -0.3 is 4.98 Å². The van der Waals surface area contributed by atoms with Crippen molar-refractivity contribution in [3.8, 4) is 0 Å². The number of aromatic amines is 1. The average Bonchev–Trinajstić information content (AvgIpc) is 2.92. The second kappa shape index (κ2) is 5.83. The number of aryl methyl sites for hydroxylation is 1. The van der Waals surface area contributed by atoms with Gasteiger partial charge in [-0.3, -0.25) is 9.59 Å². The third kappa shape index (κ3) is 2.92. The summed E-state index contributed by atoms with van der Waals surface area (Å²) in [4.78, 5) is 30.0. The van der Waals surface area contributed by atoms with E-state index >= 15 is 0 Å². The number of hydrogen-bond acceptors (Lipinski definition) is 4. The minimum absolute atomic E-state index is 0.0550. The first-order valence-corrected chi connectivity index (χ1v) is 7.34. The lowest BCUT2D eigenvalue weighted by Gasteiger charge is -2.15. The molecule has 2 aromatic heterocycles.